The zero-order chi connectivity index (χ0) is 22.1. The van der Waals surface area contributed by atoms with Gasteiger partial charge in [0, 0.05) is 22.8 Å². The molecule has 31 heavy (non-hydrogen) atoms. The molecule has 0 radical (unpaired) electrons. The van der Waals surface area contributed by atoms with E-state index in [0.717, 1.165) is 16.0 Å². The quantitative estimate of drug-likeness (QED) is 0.366. The highest BCUT2D eigenvalue weighted by molar-refractivity contribution is 7.09. The number of pyridine rings is 1. The molecule has 0 aliphatic carbocycles. The van der Waals surface area contributed by atoms with Crippen molar-refractivity contribution in [2.45, 2.75) is 26.4 Å². The minimum atomic E-state index is -0.724. The van der Waals surface area contributed by atoms with E-state index in [1.54, 1.807) is 31.6 Å². The number of methoxy groups -OCH3 is 1. The summed E-state index contributed by atoms with van der Waals surface area (Å²) in [5.41, 5.74) is 2.81. The van der Waals surface area contributed by atoms with Gasteiger partial charge in [-0.1, -0.05) is 12.1 Å². The molecule has 3 aromatic rings. The summed E-state index contributed by atoms with van der Waals surface area (Å²) in [7, 11) is 1.58. The average Bonchev–Trinajstić information content (AvgIpc) is 3.37. The Morgan fingerprint density at radius 3 is 2.65 bits per heavy atom. The number of ether oxygens (including phenoxy) is 1. The van der Waals surface area contributed by atoms with Crippen LogP contribution in [0.15, 0.2) is 59.7 Å². The molecular formula is C24H22N2O4S. The minimum absolute atomic E-state index is 0.0715. The van der Waals surface area contributed by atoms with Crippen molar-refractivity contribution in [3.8, 4) is 5.75 Å². The third kappa shape index (κ3) is 3.72. The van der Waals surface area contributed by atoms with Crippen molar-refractivity contribution in [2.75, 3.05) is 7.11 Å². The van der Waals surface area contributed by atoms with Gasteiger partial charge in [-0.2, -0.15) is 0 Å². The Hall–Kier alpha value is -3.45. The van der Waals surface area contributed by atoms with Crippen molar-refractivity contribution in [2.24, 2.45) is 0 Å². The fourth-order valence-corrected chi connectivity index (χ4v) is 4.61. The van der Waals surface area contributed by atoms with E-state index < -0.39 is 17.7 Å². The van der Waals surface area contributed by atoms with Gasteiger partial charge in [0.1, 0.15) is 11.5 Å². The number of Topliss-reactive ketones (excluding diaryl/α,β-unsaturated/α-hetero) is 1. The van der Waals surface area contributed by atoms with Crippen LogP contribution in [0.2, 0.25) is 0 Å². The zero-order valence-corrected chi connectivity index (χ0v) is 18.3. The van der Waals surface area contributed by atoms with Crippen LogP contribution in [0.1, 0.15) is 33.2 Å². The molecule has 1 saturated heterocycles. The highest BCUT2D eigenvalue weighted by Gasteiger charge is 2.46. The van der Waals surface area contributed by atoms with E-state index in [1.165, 1.54) is 16.2 Å². The molecule has 1 atom stereocenters. The van der Waals surface area contributed by atoms with Crippen molar-refractivity contribution in [3.63, 3.8) is 0 Å². The van der Waals surface area contributed by atoms with Gasteiger partial charge in [0.15, 0.2) is 0 Å². The van der Waals surface area contributed by atoms with Crippen molar-refractivity contribution < 1.29 is 19.4 Å². The van der Waals surface area contributed by atoms with E-state index in [9.17, 15) is 14.7 Å². The number of aliphatic hydroxyl groups excluding tert-OH is 1. The molecule has 6 nitrogen and oxygen atoms in total. The van der Waals surface area contributed by atoms with Gasteiger partial charge in [-0.05, 0) is 60.2 Å². The first-order valence-electron chi connectivity index (χ1n) is 9.78. The molecule has 2 aromatic heterocycles. The predicted octanol–water partition coefficient (Wildman–Crippen LogP) is 4.39. The number of carbonyl (C=O) groups is 2. The monoisotopic (exact) mass is 434 g/mol. The van der Waals surface area contributed by atoms with E-state index in [4.69, 9.17) is 4.74 Å². The number of hydrogen-bond donors (Lipinski definition) is 1. The van der Waals surface area contributed by atoms with Crippen molar-refractivity contribution in [1.82, 2.24) is 9.88 Å². The van der Waals surface area contributed by atoms with Crippen molar-refractivity contribution >= 4 is 28.8 Å². The Labute approximate surface area is 184 Å². The third-order valence-corrected chi connectivity index (χ3v) is 6.30. The molecule has 1 aliphatic heterocycles. The number of benzene rings is 1. The molecule has 1 fully saturated rings. The standard InChI is InChI=1S/C24H22N2O4S/c1-14-11-19(30-3)15(2)10-18(14)22(27)20-21(16-6-4-8-25-12-16)26(24(29)23(20)28)13-17-7-5-9-31-17/h4-12,21,27H,13H2,1-3H3/b22-20+. The third-order valence-electron chi connectivity index (χ3n) is 5.44. The summed E-state index contributed by atoms with van der Waals surface area (Å²) >= 11 is 1.51. The number of nitrogens with zero attached hydrogens (tertiary/aromatic N) is 2. The van der Waals surface area contributed by atoms with E-state index in [-0.39, 0.29) is 17.9 Å². The number of rotatable bonds is 5. The Morgan fingerprint density at radius 2 is 2.00 bits per heavy atom. The maximum Gasteiger partial charge on any atom is 0.295 e. The lowest BCUT2D eigenvalue weighted by Gasteiger charge is -2.24. The van der Waals surface area contributed by atoms with E-state index in [1.807, 2.05) is 43.5 Å². The topological polar surface area (TPSA) is 79.7 Å². The van der Waals surface area contributed by atoms with Gasteiger partial charge in [-0.15, -0.1) is 11.3 Å². The van der Waals surface area contributed by atoms with Gasteiger partial charge in [-0.3, -0.25) is 14.6 Å². The highest BCUT2D eigenvalue weighted by Crippen LogP contribution is 2.41. The van der Waals surface area contributed by atoms with Crippen LogP contribution in [0.3, 0.4) is 0 Å². The first-order valence-corrected chi connectivity index (χ1v) is 10.7. The average molecular weight is 435 g/mol. The maximum absolute atomic E-state index is 13.1. The predicted molar refractivity (Wildman–Crippen MR) is 119 cm³/mol. The Morgan fingerprint density at radius 1 is 1.19 bits per heavy atom. The fraction of sp³-hybridized carbons (Fsp3) is 0.208. The molecule has 1 aliphatic rings. The van der Waals surface area contributed by atoms with Gasteiger partial charge in [0.25, 0.3) is 11.7 Å². The molecule has 0 spiro atoms. The van der Waals surface area contributed by atoms with Crippen LogP contribution < -0.4 is 4.74 Å². The lowest BCUT2D eigenvalue weighted by Crippen LogP contribution is -2.28. The van der Waals surface area contributed by atoms with Crippen LogP contribution in [0.5, 0.6) is 5.75 Å². The molecule has 1 unspecified atom stereocenters. The van der Waals surface area contributed by atoms with Gasteiger partial charge in [0.05, 0.1) is 25.3 Å². The second-order valence-corrected chi connectivity index (χ2v) is 8.46. The number of aliphatic hydroxyl groups is 1. The minimum Gasteiger partial charge on any atom is -0.507 e. The number of hydrogen-bond acceptors (Lipinski definition) is 6. The zero-order valence-electron chi connectivity index (χ0n) is 17.5. The highest BCUT2D eigenvalue weighted by atomic mass is 32.1. The van der Waals surface area contributed by atoms with Gasteiger partial charge < -0.3 is 14.7 Å². The summed E-state index contributed by atoms with van der Waals surface area (Å²) in [6, 6.07) is 10.2. The summed E-state index contributed by atoms with van der Waals surface area (Å²) < 4.78 is 5.36. The molecule has 1 N–H and O–H groups in total. The molecule has 3 heterocycles. The molecule has 0 saturated carbocycles. The Kier molecular flexibility index (Phi) is 5.61. The smallest absolute Gasteiger partial charge is 0.295 e. The Balaban J connectivity index is 1.89. The largest absolute Gasteiger partial charge is 0.507 e. The summed E-state index contributed by atoms with van der Waals surface area (Å²) in [6.07, 6.45) is 3.25. The number of carbonyl (C=O) groups excluding carboxylic acids is 2. The number of ketones is 1. The fourth-order valence-electron chi connectivity index (χ4n) is 3.91. The van der Waals surface area contributed by atoms with Gasteiger partial charge in [-0.25, -0.2) is 0 Å². The van der Waals surface area contributed by atoms with Crippen LogP contribution in [-0.4, -0.2) is 33.8 Å². The first-order chi connectivity index (χ1) is 14.9. The van der Waals surface area contributed by atoms with Crippen LogP contribution in [0.25, 0.3) is 5.76 Å². The second kappa shape index (κ2) is 8.35. The normalized spacial score (nSPS) is 17.9. The summed E-state index contributed by atoms with van der Waals surface area (Å²) in [4.78, 5) is 32.7. The SMILES string of the molecule is COc1cc(C)c(/C(O)=C2\C(=O)C(=O)N(Cc3cccs3)C2c2cccnc2)cc1C. The molecule has 0 bridgehead atoms. The van der Waals surface area contributed by atoms with E-state index in [2.05, 4.69) is 4.98 Å². The number of aryl methyl sites for hydroxylation is 2. The maximum atomic E-state index is 13.1. The Bertz CT molecular complexity index is 1170. The van der Waals surface area contributed by atoms with Crippen LogP contribution in [0, 0.1) is 13.8 Å². The van der Waals surface area contributed by atoms with Crippen molar-refractivity contribution in [3.05, 3.63) is 86.9 Å². The van der Waals surface area contributed by atoms with E-state index in [0.29, 0.717) is 16.9 Å². The van der Waals surface area contributed by atoms with E-state index >= 15 is 0 Å². The lowest BCUT2D eigenvalue weighted by molar-refractivity contribution is -0.140. The summed E-state index contributed by atoms with van der Waals surface area (Å²) in [5.74, 6) is -0.831. The number of aromatic nitrogens is 1. The van der Waals surface area contributed by atoms with Crippen LogP contribution in [-0.2, 0) is 16.1 Å². The molecule has 1 amide bonds. The number of thiophene rings is 1. The molecule has 7 heteroatoms. The van der Waals surface area contributed by atoms with Crippen LogP contribution >= 0.6 is 11.3 Å². The summed E-state index contributed by atoms with van der Waals surface area (Å²) in [5, 5.41) is 13.2. The molecule has 1 aromatic carbocycles. The molecule has 4 rings (SSSR count). The number of likely N-dealkylation sites (tertiary alicyclic amines) is 1. The van der Waals surface area contributed by atoms with Gasteiger partial charge in [0.2, 0.25) is 0 Å². The first kappa shape index (κ1) is 20.8. The second-order valence-electron chi connectivity index (χ2n) is 7.43. The number of amides is 1. The summed E-state index contributed by atoms with van der Waals surface area (Å²) in [6.45, 7) is 3.97. The lowest BCUT2D eigenvalue weighted by atomic mass is 9.93. The van der Waals surface area contributed by atoms with Crippen LogP contribution in [0.4, 0.5) is 0 Å². The molecular weight excluding hydrogens is 412 g/mol. The molecule has 158 valence electrons. The van der Waals surface area contributed by atoms with Gasteiger partial charge >= 0.3 is 0 Å². The van der Waals surface area contributed by atoms with Crippen molar-refractivity contribution in [1.29, 1.82) is 0 Å².